The Kier molecular flexibility index (Phi) is 6.34. The Hall–Kier alpha value is -2.71. The largest absolute Gasteiger partial charge is 0.220 e. The van der Waals surface area contributed by atoms with E-state index < -0.39 is 8.07 Å². The third-order valence-electron chi connectivity index (χ3n) is 8.71. The lowest BCUT2D eigenvalue weighted by Crippen LogP contribution is -2.57. The van der Waals surface area contributed by atoms with Crippen molar-refractivity contribution in [3.05, 3.63) is 95.2 Å². The average Bonchev–Trinajstić information content (AvgIpc) is 2.80. The van der Waals surface area contributed by atoms with Crippen LogP contribution in [0.15, 0.2) is 72.9 Å². The van der Waals surface area contributed by atoms with Gasteiger partial charge in [-0.2, -0.15) is 0 Å². The molecule has 0 aliphatic rings. The van der Waals surface area contributed by atoms with E-state index in [0.717, 1.165) is 0 Å². The van der Waals surface area contributed by atoms with Crippen molar-refractivity contribution in [3.63, 3.8) is 0 Å². The van der Waals surface area contributed by atoms with Crippen LogP contribution in [-0.4, -0.2) is 8.07 Å². The molecule has 0 aliphatic carbocycles. The number of hydrogen-bond acceptors (Lipinski definition) is 0. The van der Waals surface area contributed by atoms with E-state index in [4.69, 9.17) is 0 Å². The number of pyridine rings is 1. The molecule has 0 unspecified atom stereocenters. The Morgan fingerprint density at radius 2 is 1.40 bits per heavy atom. The molecule has 0 bridgehead atoms. The zero-order chi connectivity index (χ0) is 25.8. The van der Waals surface area contributed by atoms with Crippen molar-refractivity contribution in [1.82, 2.24) is 0 Å². The molecule has 1 aromatic heterocycles. The van der Waals surface area contributed by atoms with Gasteiger partial charge in [-0.25, -0.2) is 4.57 Å². The standard InChI is InChI=1S/C33H42NSi/c1-23-20-27(32(3,4)5)22-30(24(23)2)31-29-17-16-28(21-25(29)18-19-34(31)8)35(9,10)33(6,7)26-14-12-11-13-15-26/h11-22H,1-10H3/q+1. The third-order valence-corrected chi connectivity index (χ3v) is 13.9. The van der Waals surface area contributed by atoms with Crippen LogP contribution in [0, 0.1) is 13.8 Å². The predicted octanol–water partition coefficient (Wildman–Crippen LogP) is 7.68. The Bertz CT molecular complexity index is 1390. The number of rotatable bonds is 4. The summed E-state index contributed by atoms with van der Waals surface area (Å²) < 4.78 is 2.30. The molecule has 0 saturated carbocycles. The number of hydrogen-bond donors (Lipinski definition) is 0. The van der Waals surface area contributed by atoms with E-state index in [1.807, 2.05) is 0 Å². The minimum atomic E-state index is -1.84. The van der Waals surface area contributed by atoms with Gasteiger partial charge in [-0.1, -0.05) is 101 Å². The van der Waals surface area contributed by atoms with Gasteiger partial charge in [-0.05, 0) is 64.1 Å². The second-order valence-corrected chi connectivity index (χ2v) is 17.5. The topological polar surface area (TPSA) is 3.88 Å². The molecule has 2 heteroatoms. The summed E-state index contributed by atoms with van der Waals surface area (Å²) in [5, 5.41) is 4.29. The molecule has 3 aromatic carbocycles. The van der Waals surface area contributed by atoms with Crippen LogP contribution in [0.4, 0.5) is 0 Å². The van der Waals surface area contributed by atoms with E-state index in [-0.39, 0.29) is 10.5 Å². The van der Waals surface area contributed by atoms with Crippen molar-refractivity contribution in [2.45, 2.75) is 72.0 Å². The maximum absolute atomic E-state index is 2.52. The molecule has 0 radical (unpaired) electrons. The summed E-state index contributed by atoms with van der Waals surface area (Å²) in [7, 11) is 0.343. The number of fused-ring (bicyclic) bond motifs is 1. The molecule has 182 valence electrons. The van der Waals surface area contributed by atoms with Crippen molar-refractivity contribution in [2.75, 3.05) is 0 Å². The first kappa shape index (κ1) is 25.4. The fourth-order valence-corrected chi connectivity index (χ4v) is 7.84. The molecule has 0 amide bonds. The second-order valence-electron chi connectivity index (χ2n) is 12.4. The summed E-state index contributed by atoms with van der Waals surface area (Å²) in [5.41, 5.74) is 8.32. The van der Waals surface area contributed by atoms with E-state index in [1.165, 1.54) is 49.5 Å². The van der Waals surface area contributed by atoms with Crippen LogP contribution in [0.25, 0.3) is 22.0 Å². The van der Waals surface area contributed by atoms with E-state index in [2.05, 4.69) is 146 Å². The van der Waals surface area contributed by atoms with Gasteiger partial charge in [-0.3, -0.25) is 0 Å². The highest BCUT2D eigenvalue weighted by Gasteiger charge is 2.41. The van der Waals surface area contributed by atoms with E-state index in [0.29, 0.717) is 0 Å². The van der Waals surface area contributed by atoms with Crippen LogP contribution in [-0.2, 0) is 17.5 Å². The highest BCUT2D eigenvalue weighted by molar-refractivity contribution is 6.92. The Labute approximate surface area is 213 Å². The summed E-state index contributed by atoms with van der Waals surface area (Å²) in [6, 6.07) is 25.4. The quantitative estimate of drug-likeness (QED) is 0.208. The van der Waals surface area contributed by atoms with Crippen molar-refractivity contribution in [2.24, 2.45) is 7.05 Å². The number of benzene rings is 3. The highest BCUT2D eigenvalue weighted by atomic mass is 28.3. The zero-order valence-corrected chi connectivity index (χ0v) is 24.4. The maximum Gasteiger partial charge on any atom is 0.220 e. The molecule has 4 aromatic rings. The lowest BCUT2D eigenvalue weighted by molar-refractivity contribution is -0.659. The molecule has 1 nitrogen and oxygen atoms in total. The van der Waals surface area contributed by atoms with Crippen LogP contribution >= 0.6 is 0 Å². The van der Waals surface area contributed by atoms with E-state index in [1.54, 1.807) is 0 Å². The van der Waals surface area contributed by atoms with Crippen LogP contribution < -0.4 is 9.75 Å². The van der Waals surface area contributed by atoms with Gasteiger partial charge in [0.05, 0.1) is 19.0 Å². The molecule has 35 heavy (non-hydrogen) atoms. The molecule has 0 atom stereocenters. The number of aryl methyl sites for hydroxylation is 2. The fourth-order valence-electron chi connectivity index (χ4n) is 5.21. The third kappa shape index (κ3) is 4.38. The van der Waals surface area contributed by atoms with Gasteiger partial charge < -0.3 is 0 Å². The van der Waals surface area contributed by atoms with Crippen molar-refractivity contribution in [3.8, 4) is 11.3 Å². The first-order chi connectivity index (χ1) is 16.2. The summed E-state index contributed by atoms with van der Waals surface area (Å²) in [6.07, 6.45) is 2.23. The predicted molar refractivity (Wildman–Crippen MR) is 155 cm³/mol. The summed E-state index contributed by atoms with van der Waals surface area (Å²) in [6.45, 7) is 21.3. The lowest BCUT2D eigenvalue weighted by atomic mass is 9.83. The van der Waals surface area contributed by atoms with E-state index >= 15 is 0 Å². The SMILES string of the molecule is Cc1cc(C(C)(C)C)cc(-c2c3ccc([Si](C)(C)C(C)(C)c4ccccc4)cc3cc[n+]2C)c1C. The van der Waals surface area contributed by atoms with Crippen LogP contribution in [0.5, 0.6) is 0 Å². The molecule has 0 saturated heterocycles. The number of nitrogens with zero attached hydrogens (tertiary/aromatic N) is 1. The molecule has 1 heterocycles. The normalized spacial score (nSPS) is 12.9. The van der Waals surface area contributed by atoms with Gasteiger partial charge in [0, 0.05) is 6.07 Å². The van der Waals surface area contributed by atoms with Crippen LogP contribution in [0.3, 0.4) is 0 Å². The molecular formula is C33H42NSi+. The van der Waals surface area contributed by atoms with Crippen molar-refractivity contribution < 1.29 is 4.57 Å². The summed E-state index contributed by atoms with van der Waals surface area (Å²) in [4.78, 5) is 0. The van der Waals surface area contributed by atoms with E-state index in [9.17, 15) is 0 Å². The zero-order valence-electron chi connectivity index (χ0n) is 23.4. The minimum absolute atomic E-state index is 0.113. The van der Waals surface area contributed by atoms with Gasteiger partial charge in [-0.15, -0.1) is 0 Å². The monoisotopic (exact) mass is 480 g/mol. The Morgan fingerprint density at radius 3 is 2.03 bits per heavy atom. The second kappa shape index (κ2) is 8.75. The molecular weight excluding hydrogens is 438 g/mol. The molecule has 0 N–H and O–H groups in total. The smallest absolute Gasteiger partial charge is 0.200 e. The lowest BCUT2D eigenvalue weighted by Gasteiger charge is -2.41. The maximum atomic E-state index is 2.52. The summed E-state index contributed by atoms with van der Waals surface area (Å²) >= 11 is 0. The number of aromatic nitrogens is 1. The minimum Gasteiger partial charge on any atom is -0.200 e. The first-order valence-electron chi connectivity index (χ1n) is 12.9. The van der Waals surface area contributed by atoms with Gasteiger partial charge >= 0.3 is 0 Å². The van der Waals surface area contributed by atoms with Gasteiger partial charge in [0.1, 0.15) is 7.05 Å². The van der Waals surface area contributed by atoms with Crippen molar-refractivity contribution >= 4 is 24.0 Å². The molecule has 0 spiro atoms. The summed E-state index contributed by atoms with van der Waals surface area (Å²) in [5.74, 6) is 0. The molecule has 0 fully saturated rings. The Balaban J connectivity index is 1.91. The first-order valence-corrected chi connectivity index (χ1v) is 15.9. The van der Waals surface area contributed by atoms with Crippen molar-refractivity contribution in [1.29, 1.82) is 0 Å². The van der Waals surface area contributed by atoms with Crippen LogP contribution in [0.1, 0.15) is 56.9 Å². The van der Waals surface area contributed by atoms with Crippen LogP contribution in [0.2, 0.25) is 13.1 Å². The average molecular weight is 481 g/mol. The van der Waals surface area contributed by atoms with Gasteiger partial charge in [0.2, 0.25) is 5.69 Å². The molecule has 0 aliphatic heterocycles. The van der Waals surface area contributed by atoms with Gasteiger partial charge in [0.25, 0.3) is 0 Å². The van der Waals surface area contributed by atoms with Gasteiger partial charge in [0.15, 0.2) is 6.20 Å². The molecule has 4 rings (SSSR count). The fraction of sp³-hybridized carbons (Fsp3) is 0.364. The Morgan fingerprint density at radius 1 is 0.743 bits per heavy atom. The highest BCUT2D eigenvalue weighted by Crippen LogP contribution is 2.36.